The molecule has 0 bridgehead atoms. The van der Waals surface area contributed by atoms with E-state index in [-0.39, 0.29) is 6.10 Å². The number of nitrogens with zero attached hydrogens (tertiary/aromatic N) is 1. The third-order valence-electron chi connectivity index (χ3n) is 3.14. The van der Waals surface area contributed by atoms with Crippen molar-refractivity contribution in [2.45, 2.75) is 13.0 Å². The first-order chi connectivity index (χ1) is 13.3. The quantitative estimate of drug-likeness (QED) is 0.669. The highest BCUT2D eigenvalue weighted by Gasteiger charge is 2.10. The molecule has 2 rings (SSSR count). The van der Waals surface area contributed by atoms with E-state index < -0.39 is 11.9 Å². The molecule has 0 aliphatic rings. The van der Waals surface area contributed by atoms with Crippen LogP contribution >= 0.6 is 0 Å². The Hall–Kier alpha value is -3.32. The molecule has 7 heteroatoms. The van der Waals surface area contributed by atoms with Gasteiger partial charge in [0.05, 0.1) is 0 Å². The zero-order valence-electron chi connectivity index (χ0n) is 16.1. The molecule has 0 heterocycles. The molecule has 0 aromatic heterocycles. The lowest BCUT2D eigenvalue weighted by Gasteiger charge is -2.20. The van der Waals surface area contributed by atoms with Crippen molar-refractivity contribution in [3.63, 3.8) is 0 Å². The summed E-state index contributed by atoms with van der Waals surface area (Å²) in [6.45, 7) is 2.92. The number of likely N-dealkylation sites (N-methyl/N-ethyl adjacent to an activating group) is 1. The number of carboxylic acid groups (broad SMARTS) is 2. The van der Waals surface area contributed by atoms with Gasteiger partial charge in [0.15, 0.2) is 11.5 Å². The molecule has 0 aliphatic carbocycles. The Kier molecular flexibility index (Phi) is 9.85. The number of aliphatic carboxylic acids is 2. The van der Waals surface area contributed by atoms with E-state index in [1.165, 1.54) is 0 Å². The van der Waals surface area contributed by atoms with E-state index in [1.54, 1.807) is 0 Å². The maximum absolute atomic E-state index is 9.55. The van der Waals surface area contributed by atoms with Gasteiger partial charge >= 0.3 is 11.9 Å². The van der Waals surface area contributed by atoms with Crippen molar-refractivity contribution in [2.75, 3.05) is 20.6 Å². The minimum Gasteiger partial charge on any atom is -0.485 e. The molecule has 0 fully saturated rings. The molecule has 0 aliphatic heterocycles. The Morgan fingerprint density at radius 2 is 1.43 bits per heavy atom. The van der Waals surface area contributed by atoms with Crippen molar-refractivity contribution >= 4 is 11.9 Å². The highest BCUT2D eigenvalue weighted by molar-refractivity contribution is 5.89. The van der Waals surface area contributed by atoms with E-state index in [2.05, 4.69) is 11.8 Å². The van der Waals surface area contributed by atoms with E-state index in [0.29, 0.717) is 12.2 Å². The summed E-state index contributed by atoms with van der Waals surface area (Å²) >= 11 is 0. The first-order valence-corrected chi connectivity index (χ1v) is 8.55. The van der Waals surface area contributed by atoms with Gasteiger partial charge in [-0.3, -0.25) is 0 Å². The fourth-order valence-corrected chi connectivity index (χ4v) is 2.16. The molecule has 1 unspecified atom stereocenters. The van der Waals surface area contributed by atoms with Gasteiger partial charge < -0.3 is 24.6 Å². The molecule has 2 N–H and O–H groups in total. The van der Waals surface area contributed by atoms with E-state index in [0.717, 1.165) is 23.8 Å². The molecule has 7 nitrogen and oxygen atoms in total. The molecule has 0 amide bonds. The van der Waals surface area contributed by atoms with Crippen LogP contribution in [0.3, 0.4) is 0 Å². The Morgan fingerprint density at radius 3 is 1.93 bits per heavy atom. The van der Waals surface area contributed by atoms with E-state index in [1.807, 2.05) is 68.7 Å². The van der Waals surface area contributed by atoms with Crippen LogP contribution in [0.4, 0.5) is 0 Å². The van der Waals surface area contributed by atoms with Crippen LogP contribution in [-0.4, -0.2) is 53.8 Å². The molecule has 0 saturated carbocycles. The van der Waals surface area contributed by atoms with Gasteiger partial charge in [-0.25, -0.2) is 9.59 Å². The first-order valence-electron chi connectivity index (χ1n) is 8.55. The molecule has 2 aromatic carbocycles. The lowest BCUT2D eigenvalue weighted by Crippen LogP contribution is -2.28. The van der Waals surface area contributed by atoms with Crippen molar-refractivity contribution < 1.29 is 29.3 Å². The van der Waals surface area contributed by atoms with Crippen LogP contribution < -0.4 is 9.47 Å². The van der Waals surface area contributed by atoms with Gasteiger partial charge in [-0.05, 0) is 45.3 Å². The van der Waals surface area contributed by atoms with Crippen LogP contribution in [0.15, 0.2) is 66.7 Å². The molecular formula is C21H25NO6. The lowest BCUT2D eigenvalue weighted by atomic mass is 10.3. The molecule has 0 radical (unpaired) electrons. The average molecular weight is 387 g/mol. The minimum absolute atomic E-state index is 0.102. The summed E-state index contributed by atoms with van der Waals surface area (Å²) in [6, 6.07) is 17.5. The monoisotopic (exact) mass is 387 g/mol. The van der Waals surface area contributed by atoms with Crippen molar-refractivity contribution in [2.24, 2.45) is 0 Å². The fourth-order valence-electron chi connectivity index (χ4n) is 2.16. The van der Waals surface area contributed by atoms with Crippen molar-refractivity contribution in [3.05, 3.63) is 66.7 Å². The van der Waals surface area contributed by atoms with Gasteiger partial charge in [0.25, 0.3) is 0 Å². The number of hydrogen-bond acceptors (Lipinski definition) is 5. The highest BCUT2D eigenvalue weighted by Crippen LogP contribution is 2.31. The Bertz CT molecular complexity index is 757. The standard InChI is InChI=1S/C17H21NO2.C4H4O4/c1-14(13-18(2)3)19-16-11-7-8-12-17(16)20-15-9-5-4-6-10-15;5-3(6)1-2-4(7)8/h4-12,14H,13H2,1-3H3;1-2H,(H,5,6)(H,7,8)/b;2-1-. The molecule has 28 heavy (non-hydrogen) atoms. The Labute approximate surface area is 164 Å². The Balaban J connectivity index is 0.000000416. The maximum Gasteiger partial charge on any atom is 0.328 e. The van der Waals surface area contributed by atoms with Gasteiger partial charge in [0.2, 0.25) is 0 Å². The van der Waals surface area contributed by atoms with Crippen LogP contribution in [0.25, 0.3) is 0 Å². The van der Waals surface area contributed by atoms with Gasteiger partial charge in [0.1, 0.15) is 11.9 Å². The van der Waals surface area contributed by atoms with Gasteiger partial charge in [-0.15, -0.1) is 0 Å². The summed E-state index contributed by atoms with van der Waals surface area (Å²) in [5.74, 6) is -0.196. The summed E-state index contributed by atoms with van der Waals surface area (Å²) in [6.07, 6.45) is 1.22. The van der Waals surface area contributed by atoms with Crippen LogP contribution in [0.1, 0.15) is 6.92 Å². The number of carboxylic acids is 2. The summed E-state index contributed by atoms with van der Waals surface area (Å²) in [5, 5.41) is 15.6. The number of carbonyl (C=O) groups is 2. The highest BCUT2D eigenvalue weighted by atomic mass is 16.5. The molecular weight excluding hydrogens is 362 g/mol. The fraction of sp³-hybridized carbons (Fsp3) is 0.238. The maximum atomic E-state index is 9.55. The SMILES string of the molecule is CC(CN(C)C)Oc1ccccc1Oc1ccccc1.O=C(O)/C=C\C(=O)O. The second-order valence-corrected chi connectivity index (χ2v) is 6.06. The predicted octanol–water partition coefficient (Wildman–Crippen LogP) is 3.52. The normalized spacial score (nSPS) is 11.4. The predicted molar refractivity (Wildman–Crippen MR) is 106 cm³/mol. The second-order valence-electron chi connectivity index (χ2n) is 6.06. The third kappa shape index (κ3) is 9.98. The summed E-state index contributed by atoms with van der Waals surface area (Å²) < 4.78 is 11.8. The number of hydrogen-bond donors (Lipinski definition) is 2. The summed E-state index contributed by atoms with van der Waals surface area (Å²) in [4.78, 5) is 21.2. The molecule has 2 aromatic rings. The van der Waals surface area contributed by atoms with Crippen LogP contribution in [0, 0.1) is 0 Å². The van der Waals surface area contributed by atoms with Gasteiger partial charge in [-0.2, -0.15) is 0 Å². The molecule has 150 valence electrons. The van der Waals surface area contributed by atoms with Crippen molar-refractivity contribution in [1.29, 1.82) is 0 Å². The molecule has 0 spiro atoms. The lowest BCUT2D eigenvalue weighted by molar-refractivity contribution is -0.134. The number of rotatable bonds is 8. The number of benzene rings is 2. The minimum atomic E-state index is -1.26. The first kappa shape index (κ1) is 22.7. The van der Waals surface area contributed by atoms with E-state index >= 15 is 0 Å². The molecule has 0 saturated heterocycles. The summed E-state index contributed by atoms with van der Waals surface area (Å²) in [7, 11) is 4.07. The van der Waals surface area contributed by atoms with Crippen molar-refractivity contribution in [3.8, 4) is 17.2 Å². The summed E-state index contributed by atoms with van der Waals surface area (Å²) in [5.41, 5.74) is 0. The van der Waals surface area contributed by atoms with Gasteiger partial charge in [-0.1, -0.05) is 30.3 Å². The third-order valence-corrected chi connectivity index (χ3v) is 3.14. The Morgan fingerprint density at radius 1 is 0.929 bits per heavy atom. The number of para-hydroxylation sites is 3. The topological polar surface area (TPSA) is 96.3 Å². The second kappa shape index (κ2) is 12.1. The largest absolute Gasteiger partial charge is 0.485 e. The zero-order chi connectivity index (χ0) is 20.9. The van der Waals surface area contributed by atoms with E-state index in [9.17, 15) is 9.59 Å². The average Bonchev–Trinajstić information content (AvgIpc) is 2.62. The van der Waals surface area contributed by atoms with Crippen LogP contribution in [-0.2, 0) is 9.59 Å². The number of ether oxygens (including phenoxy) is 2. The van der Waals surface area contributed by atoms with Crippen LogP contribution in [0.2, 0.25) is 0 Å². The zero-order valence-corrected chi connectivity index (χ0v) is 16.1. The van der Waals surface area contributed by atoms with E-state index in [4.69, 9.17) is 19.7 Å². The van der Waals surface area contributed by atoms with Crippen molar-refractivity contribution in [1.82, 2.24) is 4.90 Å². The van der Waals surface area contributed by atoms with Gasteiger partial charge in [0, 0.05) is 18.7 Å². The van der Waals surface area contributed by atoms with Crippen LogP contribution in [0.5, 0.6) is 17.2 Å². The molecule has 1 atom stereocenters. The smallest absolute Gasteiger partial charge is 0.328 e.